The zero-order valence-corrected chi connectivity index (χ0v) is 9.81. The summed E-state index contributed by atoms with van der Waals surface area (Å²) < 4.78 is 5.68. The number of ether oxygens (including phenoxy) is 1. The highest BCUT2D eigenvalue weighted by Gasteiger charge is 1.96. The van der Waals surface area contributed by atoms with Crippen LogP contribution in [0.2, 0.25) is 0 Å². The van der Waals surface area contributed by atoms with Crippen LogP contribution in [0.3, 0.4) is 0 Å². The topological polar surface area (TPSA) is 9.23 Å². The summed E-state index contributed by atoms with van der Waals surface area (Å²) in [6.07, 6.45) is 5.34. The molecule has 0 aliphatic carbocycles. The predicted octanol–water partition coefficient (Wildman–Crippen LogP) is 3.56. The highest BCUT2D eigenvalue weighted by molar-refractivity contribution is 5.38. The minimum absolute atomic E-state index is 0.564. The van der Waals surface area contributed by atoms with Gasteiger partial charge in [-0.3, -0.25) is 0 Å². The molecule has 0 atom stereocenters. The van der Waals surface area contributed by atoms with E-state index < -0.39 is 0 Å². The third kappa shape index (κ3) is 3.12. The molecular formula is C16H14O. The lowest BCUT2D eigenvalue weighted by Crippen LogP contribution is -1.95. The summed E-state index contributed by atoms with van der Waals surface area (Å²) >= 11 is 0. The molecule has 2 rings (SSSR count). The smallest absolute Gasteiger partial charge is 0.121 e. The largest absolute Gasteiger partial charge is 0.489 e. The average molecular weight is 222 g/mol. The second-order valence-corrected chi connectivity index (χ2v) is 3.95. The molecule has 0 radical (unpaired) electrons. The Hall–Kier alpha value is -2.20. The number of terminal acetylenes is 1. The fourth-order valence-electron chi connectivity index (χ4n) is 1.53. The van der Waals surface area contributed by atoms with Crippen LogP contribution in [0.1, 0.15) is 16.7 Å². The Kier molecular flexibility index (Phi) is 3.47. The molecule has 0 bridgehead atoms. The van der Waals surface area contributed by atoms with Crippen molar-refractivity contribution in [1.82, 2.24) is 0 Å². The van der Waals surface area contributed by atoms with Gasteiger partial charge in [0, 0.05) is 5.56 Å². The van der Waals surface area contributed by atoms with Crippen LogP contribution in [-0.2, 0) is 6.61 Å². The molecule has 17 heavy (non-hydrogen) atoms. The van der Waals surface area contributed by atoms with E-state index in [0.29, 0.717) is 6.61 Å². The van der Waals surface area contributed by atoms with Crippen LogP contribution >= 0.6 is 0 Å². The number of aryl methyl sites for hydroxylation is 1. The summed E-state index contributed by atoms with van der Waals surface area (Å²) in [6, 6.07) is 15.9. The SMILES string of the molecule is C#Cc1cccc(OCc2ccc(C)cc2)c1. The average Bonchev–Trinajstić information content (AvgIpc) is 2.38. The third-order valence-electron chi connectivity index (χ3n) is 2.53. The van der Waals surface area contributed by atoms with E-state index in [1.165, 1.54) is 5.56 Å². The van der Waals surface area contributed by atoms with Crippen LogP contribution in [0.4, 0.5) is 0 Å². The first-order valence-electron chi connectivity index (χ1n) is 5.53. The minimum atomic E-state index is 0.564. The molecule has 0 fully saturated rings. The van der Waals surface area contributed by atoms with E-state index in [2.05, 4.69) is 37.1 Å². The number of benzene rings is 2. The maximum atomic E-state index is 5.68. The Bertz CT molecular complexity index is 532. The van der Waals surface area contributed by atoms with E-state index in [1.54, 1.807) is 0 Å². The van der Waals surface area contributed by atoms with Crippen molar-refractivity contribution in [1.29, 1.82) is 0 Å². The van der Waals surface area contributed by atoms with Crippen molar-refractivity contribution in [3.05, 3.63) is 65.2 Å². The lowest BCUT2D eigenvalue weighted by Gasteiger charge is -2.06. The van der Waals surface area contributed by atoms with Crippen molar-refractivity contribution in [3.63, 3.8) is 0 Å². The van der Waals surface area contributed by atoms with Crippen LogP contribution in [-0.4, -0.2) is 0 Å². The van der Waals surface area contributed by atoms with Crippen LogP contribution < -0.4 is 4.74 Å². The molecule has 84 valence electrons. The van der Waals surface area contributed by atoms with E-state index >= 15 is 0 Å². The number of hydrogen-bond donors (Lipinski definition) is 0. The zero-order valence-electron chi connectivity index (χ0n) is 9.81. The Balaban J connectivity index is 2.02. The quantitative estimate of drug-likeness (QED) is 0.721. The van der Waals surface area contributed by atoms with Crippen molar-refractivity contribution >= 4 is 0 Å². The van der Waals surface area contributed by atoms with Crippen LogP contribution in [0.15, 0.2) is 48.5 Å². The first kappa shape index (κ1) is 11.3. The van der Waals surface area contributed by atoms with E-state index in [1.807, 2.05) is 24.3 Å². The standard InChI is InChI=1S/C16H14O/c1-3-14-5-4-6-16(11-14)17-12-15-9-7-13(2)8-10-15/h1,4-11H,12H2,2H3. The van der Waals surface area contributed by atoms with Gasteiger partial charge in [-0.2, -0.15) is 0 Å². The maximum Gasteiger partial charge on any atom is 0.121 e. The number of hydrogen-bond acceptors (Lipinski definition) is 1. The van der Waals surface area contributed by atoms with Crippen LogP contribution in [0.5, 0.6) is 5.75 Å². The summed E-state index contributed by atoms with van der Waals surface area (Å²) in [7, 11) is 0. The van der Waals surface area contributed by atoms with E-state index in [9.17, 15) is 0 Å². The Morgan fingerprint density at radius 1 is 1.12 bits per heavy atom. The summed E-state index contributed by atoms with van der Waals surface area (Å²) in [4.78, 5) is 0. The zero-order chi connectivity index (χ0) is 12.1. The molecule has 0 saturated carbocycles. The molecule has 0 aliphatic heterocycles. The lowest BCUT2D eigenvalue weighted by molar-refractivity contribution is 0.306. The highest BCUT2D eigenvalue weighted by atomic mass is 16.5. The highest BCUT2D eigenvalue weighted by Crippen LogP contribution is 2.14. The van der Waals surface area contributed by atoms with Gasteiger partial charge in [-0.15, -0.1) is 6.42 Å². The summed E-state index contributed by atoms with van der Waals surface area (Å²) in [6.45, 7) is 2.63. The summed E-state index contributed by atoms with van der Waals surface area (Å²) in [5.74, 6) is 3.40. The molecule has 0 aromatic heterocycles. The molecule has 0 aliphatic rings. The minimum Gasteiger partial charge on any atom is -0.489 e. The second-order valence-electron chi connectivity index (χ2n) is 3.95. The van der Waals surface area contributed by atoms with E-state index in [0.717, 1.165) is 16.9 Å². The molecular weight excluding hydrogens is 208 g/mol. The first-order chi connectivity index (χ1) is 8.28. The lowest BCUT2D eigenvalue weighted by atomic mass is 10.2. The maximum absolute atomic E-state index is 5.68. The van der Waals surface area contributed by atoms with Gasteiger partial charge >= 0.3 is 0 Å². The summed E-state index contributed by atoms with van der Waals surface area (Å²) in [5.41, 5.74) is 3.25. The third-order valence-corrected chi connectivity index (χ3v) is 2.53. The molecule has 1 nitrogen and oxygen atoms in total. The number of rotatable bonds is 3. The van der Waals surface area contributed by atoms with Gasteiger partial charge in [-0.1, -0.05) is 41.8 Å². The first-order valence-corrected chi connectivity index (χ1v) is 5.53. The normalized spacial score (nSPS) is 9.65. The Morgan fingerprint density at radius 2 is 1.88 bits per heavy atom. The fourth-order valence-corrected chi connectivity index (χ4v) is 1.53. The van der Waals surface area contributed by atoms with Crippen molar-refractivity contribution in [2.75, 3.05) is 0 Å². The van der Waals surface area contributed by atoms with Crippen LogP contribution in [0.25, 0.3) is 0 Å². The molecule has 0 amide bonds. The van der Waals surface area contributed by atoms with Crippen molar-refractivity contribution < 1.29 is 4.74 Å². The predicted molar refractivity (Wildman–Crippen MR) is 69.9 cm³/mol. The van der Waals surface area contributed by atoms with Gasteiger partial charge in [0.25, 0.3) is 0 Å². The van der Waals surface area contributed by atoms with E-state index in [-0.39, 0.29) is 0 Å². The summed E-state index contributed by atoms with van der Waals surface area (Å²) in [5, 5.41) is 0. The molecule has 0 N–H and O–H groups in total. The van der Waals surface area contributed by atoms with Gasteiger partial charge < -0.3 is 4.74 Å². The van der Waals surface area contributed by atoms with Gasteiger partial charge in [0.05, 0.1) is 0 Å². The van der Waals surface area contributed by atoms with Gasteiger partial charge in [0.1, 0.15) is 12.4 Å². The van der Waals surface area contributed by atoms with Crippen molar-refractivity contribution in [2.45, 2.75) is 13.5 Å². The fraction of sp³-hybridized carbons (Fsp3) is 0.125. The molecule has 2 aromatic rings. The van der Waals surface area contributed by atoms with Gasteiger partial charge in [0.15, 0.2) is 0 Å². The van der Waals surface area contributed by atoms with Gasteiger partial charge in [-0.25, -0.2) is 0 Å². The Labute approximate surface area is 102 Å². The molecule has 0 saturated heterocycles. The molecule has 0 spiro atoms. The van der Waals surface area contributed by atoms with E-state index in [4.69, 9.17) is 11.2 Å². The monoisotopic (exact) mass is 222 g/mol. The van der Waals surface area contributed by atoms with Crippen LogP contribution in [0, 0.1) is 19.3 Å². The molecule has 2 aromatic carbocycles. The van der Waals surface area contributed by atoms with Crippen molar-refractivity contribution in [2.24, 2.45) is 0 Å². The van der Waals surface area contributed by atoms with Crippen molar-refractivity contribution in [3.8, 4) is 18.1 Å². The molecule has 1 heteroatoms. The Morgan fingerprint density at radius 3 is 2.59 bits per heavy atom. The molecule has 0 heterocycles. The van der Waals surface area contributed by atoms with Gasteiger partial charge in [0.2, 0.25) is 0 Å². The second kappa shape index (κ2) is 5.23. The van der Waals surface area contributed by atoms with Gasteiger partial charge in [-0.05, 0) is 30.7 Å². The molecule has 0 unspecified atom stereocenters.